The van der Waals surface area contributed by atoms with Gasteiger partial charge in [0.2, 0.25) is 0 Å². The summed E-state index contributed by atoms with van der Waals surface area (Å²) in [5.41, 5.74) is -0.192. The quantitative estimate of drug-likeness (QED) is 0.636. The minimum atomic E-state index is -4.86. The van der Waals surface area contributed by atoms with Gasteiger partial charge in [0.05, 0.1) is 11.7 Å². The Morgan fingerprint density at radius 3 is 2.23 bits per heavy atom. The SMILES string of the molecule is CC(C)(C)[Si](C)(C)OC1CC(Oc2ccc(C#N)c(OC(F)(F)F)c2)C1. The van der Waals surface area contributed by atoms with Gasteiger partial charge in [-0.1, -0.05) is 20.8 Å². The van der Waals surface area contributed by atoms with Crippen molar-refractivity contribution in [3.05, 3.63) is 23.8 Å². The van der Waals surface area contributed by atoms with Crippen molar-refractivity contribution < 1.29 is 27.1 Å². The number of rotatable bonds is 5. The Morgan fingerprint density at radius 2 is 1.73 bits per heavy atom. The van der Waals surface area contributed by atoms with Gasteiger partial charge in [-0.2, -0.15) is 5.26 Å². The molecule has 0 amide bonds. The van der Waals surface area contributed by atoms with E-state index in [9.17, 15) is 13.2 Å². The van der Waals surface area contributed by atoms with Crippen LogP contribution in [0.25, 0.3) is 0 Å². The number of alkyl halides is 3. The Labute approximate surface area is 153 Å². The topological polar surface area (TPSA) is 51.5 Å². The van der Waals surface area contributed by atoms with Gasteiger partial charge in [0.1, 0.15) is 17.9 Å². The van der Waals surface area contributed by atoms with E-state index in [1.807, 2.05) is 0 Å². The second kappa shape index (κ2) is 7.12. The summed E-state index contributed by atoms with van der Waals surface area (Å²) in [6.45, 7) is 10.9. The van der Waals surface area contributed by atoms with Crippen LogP contribution in [-0.2, 0) is 4.43 Å². The summed E-state index contributed by atoms with van der Waals surface area (Å²) in [5.74, 6) is -0.301. The van der Waals surface area contributed by atoms with Crippen LogP contribution in [0, 0.1) is 11.3 Å². The van der Waals surface area contributed by atoms with Crippen LogP contribution in [0.2, 0.25) is 18.1 Å². The van der Waals surface area contributed by atoms with Gasteiger partial charge in [0, 0.05) is 18.9 Å². The minimum absolute atomic E-state index is 0.114. The highest BCUT2D eigenvalue weighted by Gasteiger charge is 2.43. The molecule has 1 aliphatic rings. The summed E-state index contributed by atoms with van der Waals surface area (Å²) < 4.78 is 53.2. The monoisotopic (exact) mass is 387 g/mol. The van der Waals surface area contributed by atoms with Gasteiger partial charge < -0.3 is 13.9 Å². The molecule has 1 aromatic carbocycles. The van der Waals surface area contributed by atoms with Gasteiger partial charge in [-0.15, -0.1) is 13.2 Å². The van der Waals surface area contributed by atoms with Crippen LogP contribution in [0.5, 0.6) is 11.5 Å². The van der Waals surface area contributed by atoms with E-state index < -0.39 is 20.4 Å². The summed E-state index contributed by atoms with van der Waals surface area (Å²) in [4.78, 5) is 0. The predicted molar refractivity (Wildman–Crippen MR) is 93.6 cm³/mol. The maximum absolute atomic E-state index is 12.4. The van der Waals surface area contributed by atoms with Crippen LogP contribution in [0.1, 0.15) is 39.2 Å². The van der Waals surface area contributed by atoms with E-state index in [0.29, 0.717) is 12.8 Å². The average molecular weight is 387 g/mol. The number of nitriles is 1. The molecule has 0 bridgehead atoms. The molecular weight excluding hydrogens is 363 g/mol. The van der Waals surface area contributed by atoms with Gasteiger partial charge in [-0.05, 0) is 30.3 Å². The molecule has 0 atom stereocenters. The van der Waals surface area contributed by atoms with Crippen molar-refractivity contribution in [3.63, 3.8) is 0 Å². The van der Waals surface area contributed by atoms with Gasteiger partial charge in [0.15, 0.2) is 14.1 Å². The maximum atomic E-state index is 12.4. The van der Waals surface area contributed by atoms with Crippen LogP contribution >= 0.6 is 0 Å². The average Bonchev–Trinajstić information content (AvgIpc) is 2.42. The molecule has 26 heavy (non-hydrogen) atoms. The predicted octanol–water partition coefficient (Wildman–Crippen LogP) is 5.39. The van der Waals surface area contributed by atoms with E-state index in [1.165, 1.54) is 12.1 Å². The minimum Gasteiger partial charge on any atom is -0.490 e. The van der Waals surface area contributed by atoms with Gasteiger partial charge in [-0.25, -0.2) is 0 Å². The highest BCUT2D eigenvalue weighted by atomic mass is 28.4. The highest BCUT2D eigenvalue weighted by molar-refractivity contribution is 6.74. The van der Waals surface area contributed by atoms with Gasteiger partial charge in [0.25, 0.3) is 0 Å². The van der Waals surface area contributed by atoms with E-state index in [-0.39, 0.29) is 28.6 Å². The third-order valence-electron chi connectivity index (χ3n) is 4.92. The summed E-state index contributed by atoms with van der Waals surface area (Å²) in [6.07, 6.45) is -3.46. The first kappa shape index (κ1) is 20.6. The summed E-state index contributed by atoms with van der Waals surface area (Å²) in [5, 5.41) is 9.02. The molecule has 2 rings (SSSR count). The smallest absolute Gasteiger partial charge is 0.490 e. The van der Waals surface area contributed by atoms with Crippen LogP contribution < -0.4 is 9.47 Å². The van der Waals surface area contributed by atoms with E-state index >= 15 is 0 Å². The summed E-state index contributed by atoms with van der Waals surface area (Å²) >= 11 is 0. The lowest BCUT2D eigenvalue weighted by molar-refractivity contribution is -0.274. The van der Waals surface area contributed by atoms with E-state index in [4.69, 9.17) is 14.4 Å². The molecule has 0 aliphatic heterocycles. The molecule has 0 heterocycles. The molecule has 1 aromatic rings. The fraction of sp³-hybridized carbons (Fsp3) is 0.611. The lowest BCUT2D eigenvalue weighted by Crippen LogP contribution is -2.50. The second-order valence-corrected chi connectivity index (χ2v) is 12.8. The fourth-order valence-electron chi connectivity index (χ4n) is 2.37. The normalized spacial score (nSPS) is 20.9. The van der Waals surface area contributed by atoms with E-state index in [0.717, 1.165) is 6.07 Å². The number of ether oxygens (including phenoxy) is 2. The summed E-state index contributed by atoms with van der Waals surface area (Å²) in [7, 11) is -1.84. The number of halogens is 3. The number of hydrogen-bond acceptors (Lipinski definition) is 4. The standard InChI is InChI=1S/C18H24F3NO3Si/c1-17(2,3)26(4,5)25-15-8-14(9-15)23-13-7-6-12(11-22)16(10-13)24-18(19,20)21/h6-7,10,14-15H,8-9H2,1-5H3. The van der Waals surface area contributed by atoms with Crippen molar-refractivity contribution in [1.82, 2.24) is 0 Å². The van der Waals surface area contributed by atoms with Gasteiger partial charge in [-0.3, -0.25) is 0 Å². The molecule has 1 aliphatic carbocycles. The van der Waals surface area contributed by atoms with E-state index in [1.54, 1.807) is 6.07 Å². The molecule has 8 heteroatoms. The van der Waals surface area contributed by atoms with Crippen LogP contribution in [0.15, 0.2) is 18.2 Å². The van der Waals surface area contributed by atoms with Crippen LogP contribution in [0.4, 0.5) is 13.2 Å². The highest BCUT2D eigenvalue weighted by Crippen LogP contribution is 2.41. The number of nitrogens with zero attached hydrogens (tertiary/aromatic N) is 1. The van der Waals surface area contributed by atoms with Gasteiger partial charge >= 0.3 is 6.36 Å². The van der Waals surface area contributed by atoms with Crippen molar-refractivity contribution >= 4 is 8.32 Å². The van der Waals surface area contributed by atoms with Crippen molar-refractivity contribution in [2.75, 3.05) is 0 Å². The van der Waals surface area contributed by atoms with Crippen molar-refractivity contribution in [2.45, 2.75) is 70.3 Å². The molecule has 0 aromatic heterocycles. The first-order valence-corrected chi connectivity index (χ1v) is 11.4. The van der Waals surface area contributed by atoms with E-state index in [2.05, 4.69) is 38.6 Å². The summed E-state index contributed by atoms with van der Waals surface area (Å²) in [6, 6.07) is 5.52. The molecule has 0 spiro atoms. The lowest BCUT2D eigenvalue weighted by atomic mass is 9.92. The first-order chi connectivity index (χ1) is 11.8. The molecule has 144 valence electrons. The Balaban J connectivity index is 1.95. The molecule has 1 saturated carbocycles. The fourth-order valence-corrected chi connectivity index (χ4v) is 3.75. The molecule has 1 fully saturated rings. The first-order valence-electron chi connectivity index (χ1n) is 8.45. The zero-order valence-corrected chi connectivity index (χ0v) is 16.6. The Kier molecular flexibility index (Phi) is 5.64. The number of hydrogen-bond donors (Lipinski definition) is 0. The third kappa shape index (κ3) is 5.14. The van der Waals surface area contributed by atoms with Crippen molar-refractivity contribution in [2.24, 2.45) is 0 Å². The molecule has 0 N–H and O–H groups in total. The molecule has 0 radical (unpaired) electrons. The maximum Gasteiger partial charge on any atom is 0.573 e. The Bertz CT molecular complexity index is 686. The van der Waals surface area contributed by atoms with Crippen LogP contribution in [0.3, 0.4) is 0 Å². The van der Waals surface area contributed by atoms with Crippen molar-refractivity contribution in [3.8, 4) is 17.6 Å². The molecular formula is C18H24F3NO3Si. The molecule has 0 saturated heterocycles. The zero-order valence-electron chi connectivity index (χ0n) is 15.6. The molecule has 4 nitrogen and oxygen atoms in total. The largest absolute Gasteiger partial charge is 0.573 e. The van der Waals surface area contributed by atoms with Crippen LogP contribution in [-0.4, -0.2) is 26.9 Å². The third-order valence-corrected chi connectivity index (χ3v) is 9.46. The Morgan fingerprint density at radius 1 is 1.12 bits per heavy atom. The second-order valence-electron chi connectivity index (χ2n) is 8.03. The zero-order chi connectivity index (χ0) is 19.8. The lowest BCUT2D eigenvalue weighted by Gasteiger charge is -2.44. The molecule has 0 unspecified atom stereocenters. The Hall–Kier alpha value is -1.72. The number of benzene rings is 1. The van der Waals surface area contributed by atoms with Crippen molar-refractivity contribution in [1.29, 1.82) is 5.26 Å².